The van der Waals surface area contributed by atoms with Gasteiger partial charge in [0.05, 0.1) is 30.2 Å². The van der Waals surface area contributed by atoms with Gasteiger partial charge in [-0.15, -0.1) is 0 Å². The van der Waals surface area contributed by atoms with E-state index in [1.54, 1.807) is 17.9 Å². The standard InChI is InChI=1S/C12H20N4O3/c1-8-7-10(16(3-5-17)4-6-18)11(9(2)14-8)12(13)15-19/h7,17-19H,3-6H2,1-2H3,(H2,13,15). The second-order valence-electron chi connectivity index (χ2n) is 4.16. The van der Waals surface area contributed by atoms with Crippen LogP contribution in [-0.4, -0.2) is 52.5 Å². The zero-order valence-corrected chi connectivity index (χ0v) is 11.2. The second-order valence-corrected chi connectivity index (χ2v) is 4.16. The summed E-state index contributed by atoms with van der Waals surface area (Å²) in [5.74, 6) is -0.0409. The zero-order chi connectivity index (χ0) is 14.4. The number of pyridine rings is 1. The maximum absolute atomic E-state index is 9.10. The number of aryl methyl sites for hydroxylation is 2. The molecular weight excluding hydrogens is 248 g/mol. The van der Waals surface area contributed by atoms with Crippen LogP contribution in [0.3, 0.4) is 0 Å². The summed E-state index contributed by atoms with van der Waals surface area (Å²) < 4.78 is 0. The van der Waals surface area contributed by atoms with Gasteiger partial charge < -0.3 is 26.1 Å². The van der Waals surface area contributed by atoms with Crippen LogP contribution in [0, 0.1) is 13.8 Å². The van der Waals surface area contributed by atoms with E-state index in [4.69, 9.17) is 21.2 Å². The van der Waals surface area contributed by atoms with Crippen molar-refractivity contribution in [3.63, 3.8) is 0 Å². The Morgan fingerprint density at radius 1 is 1.32 bits per heavy atom. The number of anilines is 1. The summed E-state index contributed by atoms with van der Waals surface area (Å²) in [4.78, 5) is 6.06. The molecule has 0 bridgehead atoms. The van der Waals surface area contributed by atoms with Crippen molar-refractivity contribution in [3.05, 3.63) is 23.0 Å². The molecule has 0 radical (unpaired) electrons. The molecule has 1 aromatic rings. The first-order valence-corrected chi connectivity index (χ1v) is 5.98. The summed E-state index contributed by atoms with van der Waals surface area (Å²) in [6.07, 6.45) is 0. The Labute approximate surface area is 112 Å². The van der Waals surface area contributed by atoms with Crippen LogP contribution in [0.4, 0.5) is 5.69 Å². The number of hydrogen-bond acceptors (Lipinski definition) is 6. The molecule has 7 heteroatoms. The summed E-state index contributed by atoms with van der Waals surface area (Å²) in [7, 11) is 0. The minimum atomic E-state index is -0.0595. The van der Waals surface area contributed by atoms with Crippen molar-refractivity contribution in [2.24, 2.45) is 10.9 Å². The van der Waals surface area contributed by atoms with Crippen LogP contribution in [0.1, 0.15) is 17.0 Å². The Morgan fingerprint density at radius 2 is 1.89 bits per heavy atom. The third-order valence-corrected chi connectivity index (χ3v) is 2.75. The van der Waals surface area contributed by atoms with E-state index in [0.29, 0.717) is 30.0 Å². The lowest BCUT2D eigenvalue weighted by Gasteiger charge is -2.26. The van der Waals surface area contributed by atoms with Crippen molar-refractivity contribution in [2.75, 3.05) is 31.2 Å². The molecule has 1 heterocycles. The highest BCUT2D eigenvalue weighted by molar-refractivity contribution is 6.03. The highest BCUT2D eigenvalue weighted by atomic mass is 16.4. The molecule has 7 nitrogen and oxygen atoms in total. The van der Waals surface area contributed by atoms with Gasteiger partial charge in [-0.2, -0.15) is 0 Å². The maximum atomic E-state index is 9.10. The van der Waals surface area contributed by atoms with E-state index in [9.17, 15) is 0 Å². The molecular formula is C12H20N4O3. The Morgan fingerprint density at radius 3 is 2.37 bits per heavy atom. The van der Waals surface area contributed by atoms with Crippen molar-refractivity contribution >= 4 is 11.5 Å². The maximum Gasteiger partial charge on any atom is 0.174 e. The number of aromatic nitrogens is 1. The van der Waals surface area contributed by atoms with Crippen molar-refractivity contribution in [2.45, 2.75) is 13.8 Å². The molecule has 0 aliphatic rings. The van der Waals surface area contributed by atoms with Gasteiger partial charge in [-0.05, 0) is 19.9 Å². The molecule has 0 amide bonds. The van der Waals surface area contributed by atoms with Crippen LogP contribution in [0.25, 0.3) is 0 Å². The summed E-state index contributed by atoms with van der Waals surface area (Å²) in [5, 5.41) is 30.1. The fraction of sp³-hybridized carbons (Fsp3) is 0.500. The van der Waals surface area contributed by atoms with Gasteiger partial charge in [0.2, 0.25) is 0 Å². The van der Waals surface area contributed by atoms with Gasteiger partial charge in [-0.1, -0.05) is 5.16 Å². The molecule has 0 saturated carbocycles. The minimum absolute atomic E-state index is 0.0409. The van der Waals surface area contributed by atoms with E-state index in [1.165, 1.54) is 0 Å². The molecule has 0 spiro atoms. The smallest absolute Gasteiger partial charge is 0.174 e. The van der Waals surface area contributed by atoms with Crippen molar-refractivity contribution in [1.29, 1.82) is 0 Å². The van der Waals surface area contributed by atoms with Crippen LogP contribution in [0.15, 0.2) is 11.2 Å². The fourth-order valence-electron chi connectivity index (χ4n) is 2.02. The Kier molecular flexibility index (Phi) is 5.53. The van der Waals surface area contributed by atoms with Gasteiger partial charge >= 0.3 is 0 Å². The Balaban J connectivity index is 3.36. The van der Waals surface area contributed by atoms with Crippen LogP contribution in [0.2, 0.25) is 0 Å². The molecule has 0 aliphatic carbocycles. The molecule has 0 fully saturated rings. The first kappa shape index (κ1) is 15.2. The molecule has 1 aromatic heterocycles. The Hall–Kier alpha value is -1.86. The number of nitrogens with two attached hydrogens (primary N) is 1. The first-order chi connectivity index (χ1) is 9.04. The summed E-state index contributed by atoms with van der Waals surface area (Å²) in [5.41, 5.74) is 8.29. The number of amidine groups is 1. The molecule has 0 saturated heterocycles. The largest absolute Gasteiger partial charge is 0.409 e. The SMILES string of the molecule is Cc1cc(N(CCO)CCO)c(/C(N)=N/O)c(C)n1. The predicted octanol–water partition coefficient (Wildman–Crippen LogP) is -0.416. The van der Waals surface area contributed by atoms with E-state index in [1.807, 2.05) is 6.92 Å². The molecule has 1 rings (SSSR count). The summed E-state index contributed by atoms with van der Waals surface area (Å²) in [6.45, 7) is 4.17. The first-order valence-electron chi connectivity index (χ1n) is 5.98. The quantitative estimate of drug-likeness (QED) is 0.241. The molecule has 0 aromatic carbocycles. The average molecular weight is 268 g/mol. The lowest BCUT2D eigenvalue weighted by Crippen LogP contribution is -2.32. The van der Waals surface area contributed by atoms with Crippen LogP contribution in [-0.2, 0) is 0 Å². The highest BCUT2D eigenvalue weighted by Gasteiger charge is 2.17. The van der Waals surface area contributed by atoms with Crippen LogP contribution < -0.4 is 10.6 Å². The Bertz CT molecular complexity index is 457. The molecule has 5 N–H and O–H groups in total. The van der Waals surface area contributed by atoms with Gasteiger partial charge in [0, 0.05) is 18.8 Å². The van der Waals surface area contributed by atoms with E-state index in [-0.39, 0.29) is 19.0 Å². The third-order valence-electron chi connectivity index (χ3n) is 2.75. The molecule has 106 valence electrons. The van der Waals surface area contributed by atoms with Gasteiger partial charge in [-0.3, -0.25) is 4.98 Å². The monoisotopic (exact) mass is 268 g/mol. The van der Waals surface area contributed by atoms with E-state index < -0.39 is 0 Å². The zero-order valence-electron chi connectivity index (χ0n) is 11.2. The van der Waals surface area contributed by atoms with E-state index in [2.05, 4.69) is 10.1 Å². The van der Waals surface area contributed by atoms with Gasteiger partial charge in [-0.25, -0.2) is 0 Å². The van der Waals surface area contributed by atoms with Gasteiger partial charge in [0.25, 0.3) is 0 Å². The van der Waals surface area contributed by atoms with Crippen LogP contribution >= 0.6 is 0 Å². The van der Waals surface area contributed by atoms with Crippen molar-refractivity contribution in [1.82, 2.24) is 4.98 Å². The fourth-order valence-corrected chi connectivity index (χ4v) is 2.02. The number of nitrogens with zero attached hydrogens (tertiary/aromatic N) is 3. The topological polar surface area (TPSA) is 115 Å². The lowest BCUT2D eigenvalue weighted by atomic mass is 10.1. The van der Waals surface area contributed by atoms with Gasteiger partial charge in [0.1, 0.15) is 0 Å². The third kappa shape index (κ3) is 3.55. The number of aliphatic hydroxyl groups is 2. The number of aliphatic hydroxyl groups excluding tert-OH is 2. The minimum Gasteiger partial charge on any atom is -0.409 e. The summed E-state index contributed by atoms with van der Waals surface area (Å²) in [6, 6.07) is 1.78. The second kappa shape index (κ2) is 6.91. The molecule has 0 unspecified atom stereocenters. The predicted molar refractivity (Wildman–Crippen MR) is 72.6 cm³/mol. The molecule has 0 aliphatic heterocycles. The van der Waals surface area contributed by atoms with E-state index >= 15 is 0 Å². The van der Waals surface area contributed by atoms with E-state index in [0.717, 1.165) is 5.69 Å². The highest BCUT2D eigenvalue weighted by Crippen LogP contribution is 2.23. The van der Waals surface area contributed by atoms with Gasteiger partial charge in [0.15, 0.2) is 5.84 Å². The normalized spacial score (nSPS) is 11.7. The number of oxime groups is 1. The molecule has 19 heavy (non-hydrogen) atoms. The number of rotatable bonds is 6. The summed E-state index contributed by atoms with van der Waals surface area (Å²) >= 11 is 0. The number of hydrogen-bond donors (Lipinski definition) is 4. The van der Waals surface area contributed by atoms with Crippen molar-refractivity contribution in [3.8, 4) is 0 Å². The molecule has 0 atom stereocenters. The average Bonchev–Trinajstić information content (AvgIpc) is 2.36. The van der Waals surface area contributed by atoms with Crippen LogP contribution in [0.5, 0.6) is 0 Å². The lowest BCUT2D eigenvalue weighted by molar-refractivity contribution is 0.281. The van der Waals surface area contributed by atoms with Crippen molar-refractivity contribution < 1.29 is 15.4 Å².